The zero-order valence-corrected chi connectivity index (χ0v) is 17.0. The molecule has 0 aliphatic heterocycles. The minimum Gasteiger partial charge on any atom is -0.458 e. The number of nitrogens with one attached hydrogen (secondary N) is 1. The molecule has 1 amide bonds. The van der Waals surface area contributed by atoms with Crippen molar-refractivity contribution < 1.29 is 14.3 Å². The molecule has 0 radical (unpaired) electrons. The number of nitrogens with zero attached hydrogens (tertiary/aromatic N) is 1. The average molecular weight is 417 g/mol. The largest absolute Gasteiger partial charge is 0.458 e. The van der Waals surface area contributed by atoms with Gasteiger partial charge in [0.25, 0.3) is 5.91 Å². The van der Waals surface area contributed by atoms with E-state index in [2.05, 4.69) is 10.3 Å². The first-order valence-corrected chi connectivity index (χ1v) is 10.4. The molecule has 6 heteroatoms. The summed E-state index contributed by atoms with van der Waals surface area (Å²) in [5.74, 6) is -0.625. The van der Waals surface area contributed by atoms with Gasteiger partial charge in [-0.15, -0.1) is 11.3 Å². The second-order valence-electron chi connectivity index (χ2n) is 6.74. The van der Waals surface area contributed by atoms with Crippen LogP contribution >= 0.6 is 11.3 Å². The molecule has 150 valence electrons. The van der Waals surface area contributed by atoms with Gasteiger partial charge in [-0.05, 0) is 29.8 Å². The van der Waals surface area contributed by atoms with E-state index in [1.807, 2.05) is 60.7 Å². The smallest absolute Gasteiger partial charge is 0.308 e. The lowest BCUT2D eigenvalue weighted by molar-refractivity contribution is -0.145. The van der Waals surface area contributed by atoms with Crippen molar-refractivity contribution in [2.45, 2.75) is 19.1 Å². The predicted octanol–water partition coefficient (Wildman–Crippen LogP) is 4.90. The van der Waals surface area contributed by atoms with E-state index in [-0.39, 0.29) is 18.9 Å². The molecule has 30 heavy (non-hydrogen) atoms. The summed E-state index contributed by atoms with van der Waals surface area (Å²) in [6.07, 6.45) is 0.0352. The van der Waals surface area contributed by atoms with Crippen molar-refractivity contribution in [3.63, 3.8) is 0 Å². The molecule has 1 N–H and O–H groups in total. The molecule has 5 nitrogen and oxygen atoms in total. The number of fused-ring (bicyclic) bond motifs is 1. The fourth-order valence-corrected chi connectivity index (χ4v) is 4.00. The number of rotatable bonds is 7. The molecule has 0 spiro atoms. The third-order valence-electron chi connectivity index (χ3n) is 4.61. The van der Waals surface area contributed by atoms with Crippen molar-refractivity contribution in [3.8, 4) is 0 Å². The third kappa shape index (κ3) is 4.90. The third-order valence-corrected chi connectivity index (χ3v) is 5.62. The molecule has 4 aromatic rings. The van der Waals surface area contributed by atoms with Gasteiger partial charge in [0.05, 0.1) is 22.7 Å². The van der Waals surface area contributed by atoms with Gasteiger partial charge >= 0.3 is 5.97 Å². The fourth-order valence-electron chi connectivity index (χ4n) is 3.12. The summed E-state index contributed by atoms with van der Waals surface area (Å²) in [6, 6.07) is 25.7. The number of benzene rings is 3. The van der Waals surface area contributed by atoms with Crippen LogP contribution in [-0.2, 0) is 16.1 Å². The average Bonchev–Trinajstić information content (AvgIpc) is 3.21. The van der Waals surface area contributed by atoms with Crippen molar-refractivity contribution in [1.82, 2.24) is 10.3 Å². The standard InChI is InChI=1S/C24H20N2O3S/c27-23(29-16-22-25-19-13-7-8-14-21(19)30-22)15-20(17-9-3-1-4-10-17)26-24(28)18-11-5-2-6-12-18/h1-14,20H,15-16H2,(H,26,28). The van der Waals surface area contributed by atoms with Gasteiger partial charge in [-0.1, -0.05) is 60.7 Å². The Morgan fingerprint density at radius 1 is 0.900 bits per heavy atom. The number of hydrogen-bond acceptors (Lipinski definition) is 5. The van der Waals surface area contributed by atoms with E-state index in [1.54, 1.807) is 24.3 Å². The lowest BCUT2D eigenvalue weighted by Gasteiger charge is -2.18. The summed E-state index contributed by atoms with van der Waals surface area (Å²) >= 11 is 1.50. The van der Waals surface area contributed by atoms with Gasteiger partial charge in [0.1, 0.15) is 11.6 Å². The Balaban J connectivity index is 1.43. The zero-order valence-electron chi connectivity index (χ0n) is 16.2. The summed E-state index contributed by atoms with van der Waals surface area (Å²) in [4.78, 5) is 29.6. The highest BCUT2D eigenvalue weighted by molar-refractivity contribution is 7.18. The van der Waals surface area contributed by atoms with Gasteiger partial charge in [0.15, 0.2) is 0 Å². The molecule has 3 aromatic carbocycles. The number of carbonyl (C=O) groups is 2. The second-order valence-corrected chi connectivity index (χ2v) is 7.86. The molecule has 0 fully saturated rings. The van der Waals surface area contributed by atoms with Crippen LogP contribution in [0.15, 0.2) is 84.9 Å². The predicted molar refractivity (Wildman–Crippen MR) is 117 cm³/mol. The van der Waals surface area contributed by atoms with Crippen molar-refractivity contribution in [3.05, 3.63) is 101 Å². The van der Waals surface area contributed by atoms with Crippen molar-refractivity contribution in [2.75, 3.05) is 0 Å². The molecule has 0 bridgehead atoms. The quantitative estimate of drug-likeness (QED) is 0.435. The van der Waals surface area contributed by atoms with Crippen LogP contribution in [0.3, 0.4) is 0 Å². The second kappa shape index (κ2) is 9.33. The number of ether oxygens (including phenoxy) is 1. The molecule has 0 aliphatic rings. The molecule has 4 rings (SSSR count). The molecule has 1 heterocycles. The molecule has 1 atom stereocenters. The van der Waals surface area contributed by atoms with Gasteiger partial charge in [-0.3, -0.25) is 9.59 Å². The molecule has 0 saturated carbocycles. The van der Waals surface area contributed by atoms with E-state index in [4.69, 9.17) is 4.74 Å². The maximum absolute atomic E-state index is 12.6. The number of aromatic nitrogens is 1. The van der Waals surface area contributed by atoms with E-state index in [0.29, 0.717) is 5.56 Å². The summed E-state index contributed by atoms with van der Waals surface area (Å²) in [6.45, 7) is 0.117. The van der Waals surface area contributed by atoms with Crippen LogP contribution in [0, 0.1) is 0 Å². The molecule has 1 aromatic heterocycles. The maximum Gasteiger partial charge on any atom is 0.308 e. The topological polar surface area (TPSA) is 68.3 Å². The fraction of sp³-hybridized carbons (Fsp3) is 0.125. The Hall–Kier alpha value is -3.51. The SMILES string of the molecule is O=C(CC(NC(=O)c1ccccc1)c1ccccc1)OCc1nc2ccccc2s1. The van der Waals surface area contributed by atoms with Gasteiger partial charge < -0.3 is 10.1 Å². The number of para-hydroxylation sites is 1. The van der Waals surface area contributed by atoms with Crippen LogP contribution in [0.2, 0.25) is 0 Å². The Kier molecular flexibility index (Phi) is 6.15. The highest BCUT2D eigenvalue weighted by Gasteiger charge is 2.20. The number of thiazole rings is 1. The Morgan fingerprint density at radius 3 is 2.30 bits per heavy atom. The van der Waals surface area contributed by atoms with Gasteiger partial charge in [0.2, 0.25) is 0 Å². The van der Waals surface area contributed by atoms with E-state index in [9.17, 15) is 9.59 Å². The van der Waals surface area contributed by atoms with Crippen LogP contribution in [0.4, 0.5) is 0 Å². The maximum atomic E-state index is 12.6. The minimum atomic E-state index is -0.484. The van der Waals surface area contributed by atoms with Gasteiger partial charge in [0, 0.05) is 5.56 Å². The molecular formula is C24H20N2O3S. The van der Waals surface area contributed by atoms with Crippen LogP contribution in [-0.4, -0.2) is 16.9 Å². The molecule has 0 aliphatic carbocycles. The van der Waals surface area contributed by atoms with E-state index >= 15 is 0 Å². The highest BCUT2D eigenvalue weighted by atomic mass is 32.1. The summed E-state index contributed by atoms with van der Waals surface area (Å²) in [5, 5.41) is 3.69. The lowest BCUT2D eigenvalue weighted by atomic mass is 10.0. The Morgan fingerprint density at radius 2 is 1.57 bits per heavy atom. The van der Waals surface area contributed by atoms with E-state index in [0.717, 1.165) is 20.8 Å². The Labute approximate surface area is 178 Å². The highest BCUT2D eigenvalue weighted by Crippen LogP contribution is 2.23. The van der Waals surface area contributed by atoms with Crippen molar-refractivity contribution in [2.24, 2.45) is 0 Å². The first kappa shape index (κ1) is 19.8. The lowest BCUT2D eigenvalue weighted by Crippen LogP contribution is -2.30. The molecular weight excluding hydrogens is 396 g/mol. The minimum absolute atomic E-state index is 0.0352. The van der Waals surface area contributed by atoms with E-state index in [1.165, 1.54) is 11.3 Å². The first-order chi connectivity index (χ1) is 14.7. The van der Waals surface area contributed by atoms with Crippen LogP contribution in [0.1, 0.15) is 33.4 Å². The van der Waals surface area contributed by atoms with Crippen molar-refractivity contribution in [1.29, 1.82) is 0 Å². The molecule has 1 unspecified atom stereocenters. The number of esters is 1. The number of amides is 1. The van der Waals surface area contributed by atoms with Crippen LogP contribution < -0.4 is 5.32 Å². The number of carbonyl (C=O) groups excluding carboxylic acids is 2. The van der Waals surface area contributed by atoms with Crippen LogP contribution in [0.5, 0.6) is 0 Å². The van der Waals surface area contributed by atoms with Crippen LogP contribution in [0.25, 0.3) is 10.2 Å². The van der Waals surface area contributed by atoms with Gasteiger partial charge in [-0.25, -0.2) is 4.98 Å². The summed E-state index contributed by atoms with van der Waals surface area (Å²) < 4.78 is 6.51. The van der Waals surface area contributed by atoms with Gasteiger partial charge in [-0.2, -0.15) is 0 Å². The van der Waals surface area contributed by atoms with E-state index < -0.39 is 12.0 Å². The van der Waals surface area contributed by atoms with Crippen molar-refractivity contribution >= 4 is 33.4 Å². The summed E-state index contributed by atoms with van der Waals surface area (Å²) in [5.41, 5.74) is 2.28. The zero-order chi connectivity index (χ0) is 20.8. The normalized spacial score (nSPS) is 11.7. The molecule has 0 saturated heterocycles. The summed E-state index contributed by atoms with van der Waals surface area (Å²) in [7, 11) is 0. The number of hydrogen-bond donors (Lipinski definition) is 1. The first-order valence-electron chi connectivity index (χ1n) is 9.60. The monoisotopic (exact) mass is 416 g/mol. The Bertz CT molecular complexity index is 1110.